The summed E-state index contributed by atoms with van der Waals surface area (Å²) in [6.45, 7) is 0.543. The molecule has 1 heterocycles. The summed E-state index contributed by atoms with van der Waals surface area (Å²) in [7, 11) is 0. The first-order chi connectivity index (χ1) is 7.75. The summed E-state index contributed by atoms with van der Waals surface area (Å²) in [6, 6.07) is 3.80. The van der Waals surface area contributed by atoms with Crippen molar-refractivity contribution in [3.05, 3.63) is 42.2 Å². The highest BCUT2D eigenvalue weighted by molar-refractivity contribution is 5.81. The van der Waals surface area contributed by atoms with Gasteiger partial charge in [0, 0.05) is 25.0 Å². The second kappa shape index (κ2) is 4.90. The lowest BCUT2D eigenvalue weighted by atomic mass is 10.1. The molecule has 1 aromatic heterocycles. The van der Waals surface area contributed by atoms with Gasteiger partial charge >= 0.3 is 0 Å². The van der Waals surface area contributed by atoms with E-state index in [9.17, 15) is 4.79 Å². The number of aromatic nitrogens is 1. The predicted molar refractivity (Wildman–Crippen MR) is 61.3 cm³/mol. The Hall–Kier alpha value is -1.68. The van der Waals surface area contributed by atoms with E-state index < -0.39 is 0 Å². The van der Waals surface area contributed by atoms with E-state index >= 15 is 0 Å². The van der Waals surface area contributed by atoms with Crippen LogP contribution in [0.2, 0.25) is 0 Å². The van der Waals surface area contributed by atoms with Crippen molar-refractivity contribution in [3.63, 3.8) is 0 Å². The molecule has 0 radical (unpaired) electrons. The largest absolute Gasteiger partial charge is 0.352 e. The zero-order valence-corrected chi connectivity index (χ0v) is 8.97. The maximum Gasteiger partial charge on any atom is 0.227 e. The number of nitrogens with one attached hydrogen (secondary N) is 1. The fourth-order valence-corrected chi connectivity index (χ4v) is 1.74. The van der Waals surface area contributed by atoms with Crippen LogP contribution in [0.4, 0.5) is 0 Å². The summed E-state index contributed by atoms with van der Waals surface area (Å²) in [5, 5.41) is 2.89. The van der Waals surface area contributed by atoms with Crippen molar-refractivity contribution in [2.45, 2.75) is 19.0 Å². The van der Waals surface area contributed by atoms with Crippen LogP contribution in [0.3, 0.4) is 0 Å². The Labute approximate surface area is 94.6 Å². The average molecular weight is 217 g/mol. The van der Waals surface area contributed by atoms with E-state index in [1.54, 1.807) is 12.4 Å². The molecule has 3 N–H and O–H groups in total. The summed E-state index contributed by atoms with van der Waals surface area (Å²) in [6.07, 6.45) is 7.91. The first-order valence-corrected chi connectivity index (χ1v) is 5.36. The van der Waals surface area contributed by atoms with E-state index in [-0.39, 0.29) is 17.9 Å². The zero-order valence-electron chi connectivity index (χ0n) is 8.97. The fourth-order valence-electron chi connectivity index (χ4n) is 1.74. The Morgan fingerprint density at radius 2 is 2.19 bits per heavy atom. The van der Waals surface area contributed by atoms with E-state index in [1.807, 2.05) is 24.3 Å². The monoisotopic (exact) mass is 217 g/mol. The summed E-state index contributed by atoms with van der Waals surface area (Å²) >= 11 is 0. The van der Waals surface area contributed by atoms with Crippen LogP contribution in [0.1, 0.15) is 12.0 Å². The van der Waals surface area contributed by atoms with Crippen LogP contribution in [0.15, 0.2) is 36.7 Å². The molecule has 0 saturated carbocycles. The fraction of sp³-hybridized carbons (Fsp3) is 0.333. The lowest BCUT2D eigenvalue weighted by Crippen LogP contribution is -2.30. The number of carbonyl (C=O) groups is 1. The van der Waals surface area contributed by atoms with Gasteiger partial charge in [-0.05, 0) is 24.1 Å². The van der Waals surface area contributed by atoms with E-state index in [2.05, 4.69) is 10.3 Å². The molecule has 1 aliphatic carbocycles. The van der Waals surface area contributed by atoms with Gasteiger partial charge in [0.2, 0.25) is 5.91 Å². The molecule has 0 bridgehead atoms. The van der Waals surface area contributed by atoms with Crippen molar-refractivity contribution in [3.8, 4) is 0 Å². The van der Waals surface area contributed by atoms with Crippen LogP contribution < -0.4 is 11.1 Å². The molecule has 1 amide bonds. The van der Waals surface area contributed by atoms with Crippen LogP contribution in [-0.2, 0) is 11.3 Å². The Balaban J connectivity index is 1.83. The van der Waals surface area contributed by atoms with Gasteiger partial charge in [0.15, 0.2) is 0 Å². The topological polar surface area (TPSA) is 68.0 Å². The van der Waals surface area contributed by atoms with E-state index in [0.717, 1.165) is 5.56 Å². The molecule has 2 unspecified atom stereocenters. The minimum Gasteiger partial charge on any atom is -0.352 e. The van der Waals surface area contributed by atoms with Crippen LogP contribution in [0.5, 0.6) is 0 Å². The van der Waals surface area contributed by atoms with Crippen LogP contribution in [0.25, 0.3) is 0 Å². The lowest BCUT2D eigenvalue weighted by molar-refractivity contribution is -0.123. The van der Waals surface area contributed by atoms with Gasteiger partial charge in [-0.2, -0.15) is 0 Å². The van der Waals surface area contributed by atoms with E-state index in [4.69, 9.17) is 5.73 Å². The van der Waals surface area contributed by atoms with E-state index in [1.165, 1.54) is 0 Å². The molecule has 4 nitrogen and oxygen atoms in total. The Kier molecular flexibility index (Phi) is 3.31. The molecule has 0 saturated heterocycles. The highest BCUT2D eigenvalue weighted by Gasteiger charge is 2.22. The van der Waals surface area contributed by atoms with Crippen LogP contribution >= 0.6 is 0 Å². The van der Waals surface area contributed by atoms with Gasteiger partial charge in [-0.15, -0.1) is 0 Å². The Bertz CT molecular complexity index is 389. The molecule has 16 heavy (non-hydrogen) atoms. The predicted octanol–water partition coefficient (Wildman–Crippen LogP) is 0.601. The summed E-state index contributed by atoms with van der Waals surface area (Å²) in [5.74, 6) is -0.0298. The van der Waals surface area contributed by atoms with Crippen LogP contribution in [0, 0.1) is 5.92 Å². The third kappa shape index (κ3) is 2.67. The molecule has 0 aliphatic heterocycles. The normalized spacial score (nSPS) is 23.3. The summed E-state index contributed by atoms with van der Waals surface area (Å²) in [4.78, 5) is 15.7. The van der Waals surface area contributed by atoms with Crippen molar-refractivity contribution in [1.82, 2.24) is 10.3 Å². The molecule has 0 spiro atoms. The second-order valence-electron chi connectivity index (χ2n) is 3.96. The molecule has 2 atom stereocenters. The molecular weight excluding hydrogens is 202 g/mol. The number of nitrogens with zero attached hydrogens (tertiary/aromatic N) is 1. The average Bonchev–Trinajstić information content (AvgIpc) is 2.74. The molecular formula is C12H15N3O. The van der Waals surface area contributed by atoms with Gasteiger partial charge in [-0.25, -0.2) is 0 Å². The number of carbonyl (C=O) groups excluding carboxylic acids is 1. The van der Waals surface area contributed by atoms with Gasteiger partial charge in [-0.3, -0.25) is 9.78 Å². The molecule has 84 valence electrons. The molecule has 1 aromatic rings. The number of amides is 1. The minimum atomic E-state index is -0.0724. The molecule has 0 fully saturated rings. The standard InChI is InChI=1S/C12H15N3O/c13-11-2-1-10(7-11)12(16)15-8-9-3-5-14-6-4-9/h1-6,10-11H,7-8,13H2,(H,15,16). The van der Waals surface area contributed by atoms with Gasteiger partial charge in [0.25, 0.3) is 0 Å². The highest BCUT2D eigenvalue weighted by Crippen LogP contribution is 2.16. The minimum absolute atomic E-state index is 0.0247. The molecule has 4 heteroatoms. The number of nitrogens with two attached hydrogens (primary N) is 1. The zero-order chi connectivity index (χ0) is 11.4. The summed E-state index contributed by atoms with van der Waals surface area (Å²) in [5.41, 5.74) is 6.75. The smallest absolute Gasteiger partial charge is 0.227 e. The highest BCUT2D eigenvalue weighted by atomic mass is 16.1. The Morgan fingerprint density at radius 1 is 1.44 bits per heavy atom. The van der Waals surface area contributed by atoms with Gasteiger partial charge in [-0.1, -0.05) is 12.2 Å². The van der Waals surface area contributed by atoms with Gasteiger partial charge in [0.1, 0.15) is 0 Å². The maximum absolute atomic E-state index is 11.7. The summed E-state index contributed by atoms with van der Waals surface area (Å²) < 4.78 is 0. The van der Waals surface area contributed by atoms with E-state index in [0.29, 0.717) is 13.0 Å². The maximum atomic E-state index is 11.7. The number of hydrogen-bond donors (Lipinski definition) is 2. The number of hydrogen-bond acceptors (Lipinski definition) is 3. The Morgan fingerprint density at radius 3 is 2.81 bits per heavy atom. The van der Waals surface area contributed by atoms with Crippen molar-refractivity contribution in [2.24, 2.45) is 11.7 Å². The quantitative estimate of drug-likeness (QED) is 0.728. The number of pyridine rings is 1. The second-order valence-corrected chi connectivity index (χ2v) is 3.96. The molecule has 1 aliphatic rings. The first-order valence-electron chi connectivity index (χ1n) is 5.36. The molecule has 0 aromatic carbocycles. The van der Waals surface area contributed by atoms with Crippen molar-refractivity contribution in [2.75, 3.05) is 0 Å². The van der Waals surface area contributed by atoms with Crippen molar-refractivity contribution < 1.29 is 4.79 Å². The van der Waals surface area contributed by atoms with Crippen molar-refractivity contribution in [1.29, 1.82) is 0 Å². The van der Waals surface area contributed by atoms with Gasteiger partial charge in [0.05, 0.1) is 5.92 Å². The third-order valence-electron chi connectivity index (χ3n) is 2.67. The molecule has 2 rings (SSSR count). The van der Waals surface area contributed by atoms with Crippen molar-refractivity contribution >= 4 is 5.91 Å². The first kappa shape index (κ1) is 10.8. The number of rotatable bonds is 3. The van der Waals surface area contributed by atoms with Gasteiger partial charge < -0.3 is 11.1 Å². The third-order valence-corrected chi connectivity index (χ3v) is 2.67. The van der Waals surface area contributed by atoms with Crippen LogP contribution in [-0.4, -0.2) is 16.9 Å². The SMILES string of the molecule is NC1C=CC(C(=O)NCc2ccncc2)C1. The lowest BCUT2D eigenvalue weighted by Gasteiger charge is -2.10.